The van der Waals surface area contributed by atoms with E-state index in [2.05, 4.69) is 5.32 Å². The van der Waals surface area contributed by atoms with Gasteiger partial charge in [-0.25, -0.2) is 0 Å². The fourth-order valence-electron chi connectivity index (χ4n) is 2.01. The first-order chi connectivity index (χ1) is 5.34. The summed E-state index contributed by atoms with van der Waals surface area (Å²) in [5.41, 5.74) is 0. The second kappa shape index (κ2) is 2.48. The Hall–Kier alpha value is -0.570. The number of hydrogen-bond acceptors (Lipinski definition) is 3. The molecule has 2 aliphatic rings. The summed E-state index contributed by atoms with van der Waals surface area (Å²) in [4.78, 5) is 11.2. The number of nitrogens with one attached hydrogen (secondary N) is 1. The highest BCUT2D eigenvalue weighted by Crippen LogP contribution is 2.49. The van der Waals surface area contributed by atoms with Crippen LogP contribution in [0.1, 0.15) is 6.92 Å². The molecule has 1 N–H and O–H groups in total. The summed E-state index contributed by atoms with van der Waals surface area (Å²) in [6.07, 6.45) is 0. The molecule has 1 saturated carbocycles. The molecule has 0 aromatic carbocycles. The number of fused-ring (bicyclic) bond motifs is 1. The van der Waals surface area contributed by atoms with Crippen molar-refractivity contribution in [2.45, 2.75) is 6.92 Å². The Labute approximate surface area is 66.1 Å². The number of carbonyl (C=O) groups excluding carboxylic acids is 1. The van der Waals surface area contributed by atoms with Crippen LogP contribution in [-0.4, -0.2) is 25.7 Å². The van der Waals surface area contributed by atoms with Crippen molar-refractivity contribution >= 4 is 5.97 Å². The lowest BCUT2D eigenvalue weighted by molar-refractivity contribution is -0.145. The number of rotatable bonds is 2. The van der Waals surface area contributed by atoms with E-state index in [1.54, 1.807) is 0 Å². The van der Waals surface area contributed by atoms with E-state index in [-0.39, 0.29) is 11.9 Å². The number of hydrogen-bond donors (Lipinski definition) is 1. The zero-order valence-corrected chi connectivity index (χ0v) is 6.67. The van der Waals surface area contributed by atoms with Gasteiger partial charge in [0.25, 0.3) is 0 Å². The third-order valence-corrected chi connectivity index (χ3v) is 2.65. The van der Waals surface area contributed by atoms with E-state index < -0.39 is 0 Å². The number of piperidine rings is 1. The standard InChI is InChI=1S/C8H13NO2/c1-2-11-8(10)7-5-3-9-4-6(5)7/h5-7,9H,2-4H2,1H3/t5-,6-/m1/s1. The molecule has 0 bridgehead atoms. The van der Waals surface area contributed by atoms with E-state index in [0.29, 0.717) is 18.4 Å². The minimum absolute atomic E-state index is 0.0176. The second-order valence-electron chi connectivity index (χ2n) is 3.26. The molecule has 1 aliphatic heterocycles. The molecule has 0 amide bonds. The molecule has 1 heterocycles. The summed E-state index contributed by atoms with van der Waals surface area (Å²) in [6.45, 7) is 4.39. The van der Waals surface area contributed by atoms with Gasteiger partial charge in [0.15, 0.2) is 0 Å². The molecule has 0 aromatic rings. The van der Waals surface area contributed by atoms with Crippen LogP contribution in [0.2, 0.25) is 0 Å². The summed E-state index contributed by atoms with van der Waals surface area (Å²) >= 11 is 0. The molecule has 2 atom stereocenters. The van der Waals surface area contributed by atoms with Gasteiger partial charge in [-0.3, -0.25) is 4.79 Å². The van der Waals surface area contributed by atoms with Crippen molar-refractivity contribution in [3.63, 3.8) is 0 Å². The van der Waals surface area contributed by atoms with E-state index in [4.69, 9.17) is 4.74 Å². The zero-order valence-electron chi connectivity index (χ0n) is 6.67. The van der Waals surface area contributed by atoms with E-state index in [9.17, 15) is 4.79 Å². The maximum Gasteiger partial charge on any atom is 0.309 e. The van der Waals surface area contributed by atoms with Crippen molar-refractivity contribution in [3.8, 4) is 0 Å². The second-order valence-corrected chi connectivity index (χ2v) is 3.26. The fourth-order valence-corrected chi connectivity index (χ4v) is 2.01. The van der Waals surface area contributed by atoms with Crippen LogP contribution in [0.25, 0.3) is 0 Å². The van der Waals surface area contributed by atoms with Gasteiger partial charge in [0.1, 0.15) is 0 Å². The molecule has 3 heteroatoms. The van der Waals surface area contributed by atoms with Gasteiger partial charge in [-0.2, -0.15) is 0 Å². The van der Waals surface area contributed by atoms with Crippen molar-refractivity contribution < 1.29 is 9.53 Å². The summed E-state index contributed by atoms with van der Waals surface area (Å²) in [5.74, 6) is 1.43. The lowest BCUT2D eigenvalue weighted by Gasteiger charge is -2.03. The minimum Gasteiger partial charge on any atom is -0.466 e. The van der Waals surface area contributed by atoms with Gasteiger partial charge >= 0.3 is 5.97 Å². The summed E-state index contributed by atoms with van der Waals surface area (Å²) < 4.78 is 4.94. The topological polar surface area (TPSA) is 38.3 Å². The Balaban J connectivity index is 1.85. The predicted molar refractivity (Wildman–Crippen MR) is 40.0 cm³/mol. The number of ether oxygens (including phenoxy) is 1. The Morgan fingerprint density at radius 3 is 2.73 bits per heavy atom. The first kappa shape index (κ1) is 7.10. The molecular formula is C8H13NO2. The molecular weight excluding hydrogens is 142 g/mol. The molecule has 0 radical (unpaired) electrons. The van der Waals surface area contributed by atoms with Crippen LogP contribution in [0, 0.1) is 17.8 Å². The molecule has 11 heavy (non-hydrogen) atoms. The SMILES string of the molecule is CCOC(=O)C1[C@@H]2CNC[C@@H]12. The van der Waals surface area contributed by atoms with Crippen LogP contribution in [0.3, 0.4) is 0 Å². The normalized spacial score (nSPS) is 39.9. The monoisotopic (exact) mass is 155 g/mol. The van der Waals surface area contributed by atoms with Gasteiger partial charge < -0.3 is 10.1 Å². The molecule has 0 spiro atoms. The first-order valence-corrected chi connectivity index (χ1v) is 4.22. The van der Waals surface area contributed by atoms with E-state index in [1.807, 2.05) is 6.92 Å². The Morgan fingerprint density at radius 1 is 1.55 bits per heavy atom. The molecule has 62 valence electrons. The van der Waals surface area contributed by atoms with E-state index >= 15 is 0 Å². The molecule has 0 unspecified atom stereocenters. The van der Waals surface area contributed by atoms with Crippen LogP contribution in [-0.2, 0) is 9.53 Å². The Bertz CT molecular complexity index is 171. The number of esters is 1. The minimum atomic E-state index is 0.0176. The summed E-state index contributed by atoms with van der Waals surface area (Å²) in [6, 6.07) is 0. The van der Waals surface area contributed by atoms with Gasteiger partial charge in [0, 0.05) is 0 Å². The van der Waals surface area contributed by atoms with Crippen molar-refractivity contribution in [1.82, 2.24) is 5.32 Å². The molecule has 0 aromatic heterocycles. The highest BCUT2D eigenvalue weighted by molar-refractivity contribution is 5.76. The van der Waals surface area contributed by atoms with E-state index in [1.165, 1.54) is 0 Å². The van der Waals surface area contributed by atoms with Crippen molar-refractivity contribution in [1.29, 1.82) is 0 Å². The highest BCUT2D eigenvalue weighted by atomic mass is 16.5. The average Bonchev–Trinajstić information content (AvgIpc) is 2.47. The van der Waals surface area contributed by atoms with Gasteiger partial charge in [-0.1, -0.05) is 0 Å². The van der Waals surface area contributed by atoms with E-state index in [0.717, 1.165) is 13.1 Å². The zero-order chi connectivity index (χ0) is 7.84. The number of carbonyl (C=O) groups is 1. The van der Waals surface area contributed by atoms with Crippen molar-refractivity contribution in [2.75, 3.05) is 19.7 Å². The van der Waals surface area contributed by atoms with Gasteiger partial charge in [0.05, 0.1) is 12.5 Å². The molecule has 1 aliphatic carbocycles. The summed E-state index contributed by atoms with van der Waals surface area (Å²) in [5, 5.41) is 3.24. The molecule has 2 rings (SSSR count). The Morgan fingerprint density at radius 2 is 2.18 bits per heavy atom. The van der Waals surface area contributed by atoms with Crippen LogP contribution in [0.15, 0.2) is 0 Å². The molecule has 2 fully saturated rings. The quantitative estimate of drug-likeness (QED) is 0.571. The summed E-state index contributed by atoms with van der Waals surface area (Å²) in [7, 11) is 0. The lowest BCUT2D eigenvalue weighted by Crippen LogP contribution is -2.20. The molecule has 1 saturated heterocycles. The van der Waals surface area contributed by atoms with Crippen LogP contribution >= 0.6 is 0 Å². The van der Waals surface area contributed by atoms with Crippen molar-refractivity contribution in [2.24, 2.45) is 17.8 Å². The third-order valence-electron chi connectivity index (χ3n) is 2.65. The maximum absolute atomic E-state index is 11.2. The smallest absolute Gasteiger partial charge is 0.309 e. The van der Waals surface area contributed by atoms with Gasteiger partial charge in [-0.05, 0) is 31.8 Å². The first-order valence-electron chi connectivity index (χ1n) is 4.22. The predicted octanol–water partition coefficient (Wildman–Crippen LogP) is 0.0149. The lowest BCUT2D eigenvalue weighted by atomic mass is 10.3. The Kier molecular flexibility index (Phi) is 1.60. The highest BCUT2D eigenvalue weighted by Gasteiger charge is 2.57. The molecule has 3 nitrogen and oxygen atoms in total. The largest absolute Gasteiger partial charge is 0.466 e. The maximum atomic E-state index is 11.2. The third kappa shape index (κ3) is 1.03. The van der Waals surface area contributed by atoms with Gasteiger partial charge in [0.2, 0.25) is 0 Å². The fraction of sp³-hybridized carbons (Fsp3) is 0.875. The van der Waals surface area contributed by atoms with Crippen LogP contribution in [0.4, 0.5) is 0 Å². The van der Waals surface area contributed by atoms with Crippen LogP contribution in [0.5, 0.6) is 0 Å². The van der Waals surface area contributed by atoms with Crippen LogP contribution < -0.4 is 5.32 Å². The van der Waals surface area contributed by atoms with Crippen molar-refractivity contribution in [3.05, 3.63) is 0 Å². The van der Waals surface area contributed by atoms with Gasteiger partial charge in [-0.15, -0.1) is 0 Å². The average molecular weight is 155 g/mol.